The molecule has 1 aromatic rings. The molecule has 0 bridgehead atoms. The van der Waals surface area contributed by atoms with Crippen LogP contribution in [0, 0.1) is 13.8 Å². The molecule has 1 aliphatic heterocycles. The lowest BCUT2D eigenvalue weighted by atomic mass is 10.1. The fourth-order valence-corrected chi connectivity index (χ4v) is 2.62. The summed E-state index contributed by atoms with van der Waals surface area (Å²) in [5.74, 6) is 0.986. The number of piperidine rings is 1. The largest absolute Gasteiger partial charge is 0.490 e. The number of aryl methyl sites for hydroxylation is 2. The fourth-order valence-electron chi connectivity index (χ4n) is 2.62. The van der Waals surface area contributed by atoms with Crippen LogP contribution in [0.2, 0.25) is 0 Å². The molecule has 20 heavy (non-hydrogen) atoms. The van der Waals surface area contributed by atoms with Crippen LogP contribution in [0.4, 0.5) is 0 Å². The maximum absolute atomic E-state index is 9.69. The second kappa shape index (κ2) is 7.09. The van der Waals surface area contributed by atoms with Crippen molar-refractivity contribution >= 4 is 0 Å². The Bertz CT molecular complexity index is 425. The zero-order chi connectivity index (χ0) is 14.5. The standard InChI is InChI=1S/C17H27NO2/c1-4-15(19)12-18-9-7-16(8-10-18)20-17-6-5-13(2)14(3)11-17/h5-6,11,15-16,19H,4,7-10,12H2,1-3H3/t15-/m1/s1. The van der Waals surface area contributed by atoms with Crippen LogP contribution in [-0.2, 0) is 0 Å². The van der Waals surface area contributed by atoms with Crippen molar-refractivity contribution < 1.29 is 9.84 Å². The van der Waals surface area contributed by atoms with E-state index in [0.717, 1.165) is 44.6 Å². The average molecular weight is 277 g/mol. The molecule has 1 heterocycles. The second-order valence-corrected chi connectivity index (χ2v) is 5.93. The van der Waals surface area contributed by atoms with Crippen molar-refractivity contribution in [3.05, 3.63) is 29.3 Å². The number of hydrogen-bond donors (Lipinski definition) is 1. The molecule has 1 saturated heterocycles. The summed E-state index contributed by atoms with van der Waals surface area (Å²) in [4.78, 5) is 2.34. The number of β-amino-alcohol motifs (C(OH)–C–C–N with tert-alkyl or cyclic N) is 1. The number of aliphatic hydroxyl groups excluding tert-OH is 1. The lowest BCUT2D eigenvalue weighted by Crippen LogP contribution is -2.41. The second-order valence-electron chi connectivity index (χ2n) is 5.93. The molecule has 1 aliphatic rings. The molecule has 112 valence electrons. The number of benzene rings is 1. The number of nitrogens with zero attached hydrogens (tertiary/aromatic N) is 1. The summed E-state index contributed by atoms with van der Waals surface area (Å²) in [5.41, 5.74) is 2.59. The van der Waals surface area contributed by atoms with Gasteiger partial charge in [0.1, 0.15) is 11.9 Å². The molecule has 1 atom stereocenters. The molecule has 0 saturated carbocycles. The van der Waals surface area contributed by atoms with Crippen molar-refractivity contribution in [2.45, 2.75) is 52.2 Å². The average Bonchev–Trinajstić information content (AvgIpc) is 2.45. The van der Waals surface area contributed by atoms with E-state index in [-0.39, 0.29) is 6.10 Å². The van der Waals surface area contributed by atoms with Gasteiger partial charge in [0.2, 0.25) is 0 Å². The van der Waals surface area contributed by atoms with E-state index < -0.39 is 0 Å². The number of likely N-dealkylation sites (tertiary alicyclic amines) is 1. The van der Waals surface area contributed by atoms with Crippen molar-refractivity contribution in [3.63, 3.8) is 0 Å². The highest BCUT2D eigenvalue weighted by Gasteiger charge is 2.21. The normalized spacial score (nSPS) is 19.0. The van der Waals surface area contributed by atoms with E-state index in [1.54, 1.807) is 0 Å². The maximum atomic E-state index is 9.69. The lowest BCUT2D eigenvalue weighted by Gasteiger charge is -2.33. The van der Waals surface area contributed by atoms with Gasteiger partial charge in [0.25, 0.3) is 0 Å². The van der Waals surface area contributed by atoms with Gasteiger partial charge in [-0.3, -0.25) is 0 Å². The highest BCUT2D eigenvalue weighted by molar-refractivity contribution is 5.33. The van der Waals surface area contributed by atoms with Gasteiger partial charge < -0.3 is 14.7 Å². The van der Waals surface area contributed by atoms with E-state index in [9.17, 15) is 5.11 Å². The molecule has 1 aromatic carbocycles. The summed E-state index contributed by atoms with van der Waals surface area (Å²) < 4.78 is 6.08. The Labute approximate surface area is 122 Å². The third kappa shape index (κ3) is 4.22. The van der Waals surface area contributed by atoms with Crippen LogP contribution in [0.3, 0.4) is 0 Å². The van der Waals surface area contributed by atoms with E-state index in [4.69, 9.17) is 4.74 Å². The van der Waals surface area contributed by atoms with Gasteiger partial charge in [0.15, 0.2) is 0 Å². The van der Waals surface area contributed by atoms with Crippen LogP contribution < -0.4 is 4.74 Å². The van der Waals surface area contributed by atoms with Gasteiger partial charge in [-0.05, 0) is 56.4 Å². The van der Waals surface area contributed by atoms with Crippen molar-refractivity contribution in [3.8, 4) is 5.75 Å². The minimum absolute atomic E-state index is 0.188. The summed E-state index contributed by atoms with van der Waals surface area (Å²) >= 11 is 0. The van der Waals surface area contributed by atoms with Crippen LogP contribution in [0.25, 0.3) is 0 Å². The van der Waals surface area contributed by atoms with Crippen LogP contribution in [0.1, 0.15) is 37.3 Å². The van der Waals surface area contributed by atoms with E-state index in [1.165, 1.54) is 11.1 Å². The molecule has 3 nitrogen and oxygen atoms in total. The first-order valence-electron chi connectivity index (χ1n) is 7.72. The SMILES string of the molecule is CC[C@@H](O)CN1CCC(Oc2ccc(C)c(C)c2)CC1. The lowest BCUT2D eigenvalue weighted by molar-refractivity contribution is 0.0599. The molecule has 2 rings (SSSR count). The summed E-state index contributed by atoms with van der Waals surface area (Å²) in [6, 6.07) is 6.31. The van der Waals surface area contributed by atoms with Crippen molar-refractivity contribution in [2.75, 3.05) is 19.6 Å². The van der Waals surface area contributed by atoms with E-state index >= 15 is 0 Å². The van der Waals surface area contributed by atoms with Crippen LogP contribution in [-0.4, -0.2) is 41.8 Å². The Kier molecular flexibility index (Phi) is 5.44. The summed E-state index contributed by atoms with van der Waals surface area (Å²) in [6.07, 6.45) is 3.05. The van der Waals surface area contributed by atoms with Crippen LogP contribution in [0.15, 0.2) is 18.2 Å². The Morgan fingerprint density at radius 1 is 1.25 bits per heavy atom. The van der Waals surface area contributed by atoms with E-state index in [2.05, 4.69) is 36.9 Å². The minimum Gasteiger partial charge on any atom is -0.490 e. The zero-order valence-corrected chi connectivity index (χ0v) is 12.9. The van der Waals surface area contributed by atoms with Gasteiger partial charge in [0, 0.05) is 19.6 Å². The monoisotopic (exact) mass is 277 g/mol. The van der Waals surface area contributed by atoms with Crippen LogP contribution in [0.5, 0.6) is 5.75 Å². The smallest absolute Gasteiger partial charge is 0.120 e. The summed E-state index contributed by atoms with van der Waals surface area (Å²) in [7, 11) is 0. The molecule has 0 unspecified atom stereocenters. The number of aliphatic hydroxyl groups is 1. The van der Waals surface area contributed by atoms with E-state index in [1.807, 2.05) is 6.92 Å². The predicted molar refractivity (Wildman–Crippen MR) is 82.3 cm³/mol. The van der Waals surface area contributed by atoms with Gasteiger partial charge in [-0.2, -0.15) is 0 Å². The molecule has 3 heteroatoms. The molecule has 0 aliphatic carbocycles. The van der Waals surface area contributed by atoms with Crippen molar-refractivity contribution in [1.29, 1.82) is 0 Å². The Balaban J connectivity index is 1.80. The molecule has 0 radical (unpaired) electrons. The quantitative estimate of drug-likeness (QED) is 0.898. The van der Waals surface area contributed by atoms with Gasteiger partial charge in [-0.25, -0.2) is 0 Å². The molecular weight excluding hydrogens is 250 g/mol. The Morgan fingerprint density at radius 3 is 2.55 bits per heavy atom. The zero-order valence-electron chi connectivity index (χ0n) is 12.9. The third-order valence-corrected chi connectivity index (χ3v) is 4.26. The van der Waals surface area contributed by atoms with Gasteiger partial charge in [-0.1, -0.05) is 13.0 Å². The van der Waals surface area contributed by atoms with E-state index in [0.29, 0.717) is 6.10 Å². The fraction of sp³-hybridized carbons (Fsp3) is 0.647. The molecule has 1 N–H and O–H groups in total. The highest BCUT2D eigenvalue weighted by atomic mass is 16.5. The Hall–Kier alpha value is -1.06. The van der Waals surface area contributed by atoms with Gasteiger partial charge in [-0.15, -0.1) is 0 Å². The van der Waals surface area contributed by atoms with Crippen molar-refractivity contribution in [2.24, 2.45) is 0 Å². The molecule has 0 spiro atoms. The first kappa shape index (κ1) is 15.3. The highest BCUT2D eigenvalue weighted by Crippen LogP contribution is 2.21. The first-order valence-corrected chi connectivity index (χ1v) is 7.72. The third-order valence-electron chi connectivity index (χ3n) is 4.26. The number of hydrogen-bond acceptors (Lipinski definition) is 3. The summed E-state index contributed by atoms with van der Waals surface area (Å²) in [6.45, 7) is 9.11. The molecule has 1 fully saturated rings. The molecular formula is C17H27NO2. The molecule has 0 aromatic heterocycles. The van der Waals surface area contributed by atoms with Gasteiger partial charge >= 0.3 is 0 Å². The number of ether oxygens (including phenoxy) is 1. The molecule has 0 amide bonds. The summed E-state index contributed by atoms with van der Waals surface area (Å²) in [5, 5.41) is 9.69. The van der Waals surface area contributed by atoms with Gasteiger partial charge in [0.05, 0.1) is 6.10 Å². The Morgan fingerprint density at radius 2 is 1.95 bits per heavy atom. The minimum atomic E-state index is -0.188. The first-order chi connectivity index (χ1) is 9.58. The topological polar surface area (TPSA) is 32.7 Å². The van der Waals surface area contributed by atoms with Crippen molar-refractivity contribution in [1.82, 2.24) is 4.90 Å². The predicted octanol–water partition coefficient (Wildman–Crippen LogP) is 2.92. The number of rotatable bonds is 5. The van der Waals surface area contributed by atoms with Crippen LogP contribution >= 0.6 is 0 Å². The maximum Gasteiger partial charge on any atom is 0.120 e.